The third-order valence-electron chi connectivity index (χ3n) is 15.2. The summed E-state index contributed by atoms with van der Waals surface area (Å²) in [4.78, 5) is 208. The lowest BCUT2D eigenvalue weighted by Crippen LogP contribution is -2.60. The normalized spacial score (nSPS) is 15.9. The van der Waals surface area contributed by atoms with Crippen LogP contribution in [0.2, 0.25) is 0 Å². The molecular formula is C60H86N18O17S4. The number of benzene rings is 2. The SMILES string of the molecule is C[C@H](NC(=O)[C@@H]1CCCN1C(=O)[C@H](Cc1cnc[nH]1)NC(=O)[C@H](CS)NC(=O)[C@H](CS)NC(=O)[C@@H](N)Cc1ccc(O)cc1)C(=O)N[C@@H](CS)C(=O)NCC(=O)N[C@@H](CCCCN)C(=O)N[C@@H](CC(N)=O)C(=O)N[C@@H](Cc1ccccc1)C(=O)N[C@@H](CC(=O)O)C(=O)N[C@@H](CS)C(N)=O. The van der Waals surface area contributed by atoms with E-state index >= 15 is 0 Å². The zero-order valence-corrected chi connectivity index (χ0v) is 57.4. The molecule has 542 valence electrons. The van der Waals surface area contributed by atoms with Gasteiger partial charge in [0.25, 0.3) is 0 Å². The van der Waals surface area contributed by atoms with Gasteiger partial charge in [-0.25, -0.2) is 4.98 Å². The zero-order valence-electron chi connectivity index (χ0n) is 53.8. The first kappa shape index (κ1) is 82.2. The van der Waals surface area contributed by atoms with E-state index in [2.05, 4.69) is 119 Å². The Labute approximate surface area is 590 Å². The Hall–Kier alpha value is -9.18. The first-order valence-electron chi connectivity index (χ1n) is 31.1. The summed E-state index contributed by atoms with van der Waals surface area (Å²) in [5.41, 5.74) is 24.1. The number of aliphatic carboxylic acids is 1. The number of nitrogens with zero attached hydrogens (tertiary/aromatic N) is 2. The molecule has 0 spiro atoms. The van der Waals surface area contributed by atoms with E-state index in [1.807, 2.05) is 0 Å². The van der Waals surface area contributed by atoms with Gasteiger partial charge in [-0.1, -0.05) is 42.5 Å². The van der Waals surface area contributed by atoms with E-state index in [1.54, 1.807) is 42.5 Å². The van der Waals surface area contributed by atoms with Crippen molar-refractivity contribution in [2.24, 2.45) is 22.9 Å². The molecule has 99 heavy (non-hydrogen) atoms. The van der Waals surface area contributed by atoms with Crippen molar-refractivity contribution in [1.29, 1.82) is 0 Å². The molecule has 1 aromatic heterocycles. The highest BCUT2D eigenvalue weighted by Crippen LogP contribution is 2.21. The number of thiol groups is 4. The number of hydrogen-bond donors (Lipinski definition) is 22. The van der Waals surface area contributed by atoms with Gasteiger partial charge in [0, 0.05) is 54.3 Å². The molecule has 14 amide bonds. The number of imidazole rings is 1. The number of likely N-dealkylation sites (tertiary alicyclic amines) is 1. The zero-order chi connectivity index (χ0) is 73.5. The van der Waals surface area contributed by atoms with Crippen molar-refractivity contribution in [2.45, 2.75) is 144 Å². The quantitative estimate of drug-likeness (QED) is 0.0185. The number of hydrogen-bond acceptors (Lipinski definition) is 23. The van der Waals surface area contributed by atoms with Crippen molar-refractivity contribution in [1.82, 2.24) is 73.4 Å². The number of nitrogens with two attached hydrogens (primary N) is 4. The molecule has 0 unspecified atom stereocenters. The molecule has 0 bridgehead atoms. The van der Waals surface area contributed by atoms with Crippen LogP contribution in [-0.4, -0.2) is 229 Å². The number of carbonyl (C=O) groups excluding carboxylic acids is 14. The van der Waals surface area contributed by atoms with Gasteiger partial charge in [-0.15, -0.1) is 0 Å². The van der Waals surface area contributed by atoms with E-state index in [9.17, 15) is 82.1 Å². The molecule has 4 rings (SSSR count). The van der Waals surface area contributed by atoms with Gasteiger partial charge in [-0.2, -0.15) is 50.5 Å². The molecule has 2 heterocycles. The number of aromatic amines is 1. The van der Waals surface area contributed by atoms with E-state index in [0.29, 0.717) is 29.7 Å². The van der Waals surface area contributed by atoms with Gasteiger partial charge in [-0.05, 0) is 75.3 Å². The molecule has 39 heteroatoms. The van der Waals surface area contributed by atoms with Crippen LogP contribution in [0.15, 0.2) is 67.1 Å². The summed E-state index contributed by atoms with van der Waals surface area (Å²) in [6, 6.07) is -3.12. The van der Waals surface area contributed by atoms with Gasteiger partial charge in [0.15, 0.2) is 0 Å². The number of rotatable bonds is 42. The largest absolute Gasteiger partial charge is 0.508 e. The van der Waals surface area contributed by atoms with Crippen molar-refractivity contribution in [3.05, 3.63) is 83.9 Å². The van der Waals surface area contributed by atoms with Crippen molar-refractivity contribution < 1.29 is 82.1 Å². The molecule has 1 aliphatic heterocycles. The van der Waals surface area contributed by atoms with Crippen LogP contribution in [0.4, 0.5) is 0 Å². The van der Waals surface area contributed by atoms with Gasteiger partial charge >= 0.3 is 5.97 Å². The van der Waals surface area contributed by atoms with Crippen molar-refractivity contribution >= 4 is 139 Å². The average Bonchev–Trinajstić information content (AvgIpc) is 1.80. The maximum absolute atomic E-state index is 14.4. The second-order valence-corrected chi connectivity index (χ2v) is 24.3. The predicted octanol–water partition coefficient (Wildman–Crippen LogP) is -6.87. The minimum atomic E-state index is -1.82. The number of nitrogens with one attached hydrogen (secondary N) is 12. The Balaban J connectivity index is 1.39. The van der Waals surface area contributed by atoms with Crippen LogP contribution < -0.4 is 81.4 Å². The topological polar surface area (TPSA) is 565 Å². The van der Waals surface area contributed by atoms with Crippen molar-refractivity contribution in [2.75, 3.05) is 42.6 Å². The number of unbranched alkanes of at least 4 members (excludes halogenated alkanes) is 1. The first-order chi connectivity index (χ1) is 47.0. The van der Waals surface area contributed by atoms with E-state index in [1.165, 1.54) is 36.5 Å². The number of carboxylic acids is 1. The Morgan fingerprint density at radius 3 is 1.64 bits per heavy atom. The number of amides is 14. The summed E-state index contributed by atoms with van der Waals surface area (Å²) >= 11 is 16.6. The van der Waals surface area contributed by atoms with Crippen LogP contribution in [0.5, 0.6) is 5.75 Å². The lowest BCUT2D eigenvalue weighted by Gasteiger charge is -2.30. The fourth-order valence-corrected chi connectivity index (χ4v) is 10.9. The fraction of sp³-hybridized carbons (Fsp3) is 0.500. The van der Waals surface area contributed by atoms with Gasteiger partial charge in [0.05, 0.1) is 31.8 Å². The average molecular weight is 1460 g/mol. The Kier molecular flexibility index (Phi) is 34.8. The minimum absolute atomic E-state index is 0.0168. The van der Waals surface area contributed by atoms with Crippen LogP contribution >= 0.6 is 50.5 Å². The second-order valence-electron chi connectivity index (χ2n) is 22.9. The summed E-state index contributed by atoms with van der Waals surface area (Å²) in [7, 11) is 0. The van der Waals surface area contributed by atoms with Crippen LogP contribution in [0.1, 0.15) is 68.7 Å². The van der Waals surface area contributed by atoms with E-state index < -0.39 is 181 Å². The van der Waals surface area contributed by atoms with Gasteiger partial charge in [-0.3, -0.25) is 71.9 Å². The third kappa shape index (κ3) is 27.6. The van der Waals surface area contributed by atoms with Crippen LogP contribution in [0.3, 0.4) is 0 Å². The number of aromatic hydroxyl groups is 1. The highest BCUT2D eigenvalue weighted by atomic mass is 32.1. The lowest BCUT2D eigenvalue weighted by atomic mass is 10.0. The Bertz CT molecular complexity index is 3310. The van der Waals surface area contributed by atoms with Gasteiger partial charge < -0.3 is 102 Å². The number of carboxylic acid groups (broad SMARTS) is 1. The van der Waals surface area contributed by atoms with Gasteiger partial charge in [0.1, 0.15) is 72.2 Å². The maximum atomic E-state index is 14.4. The first-order valence-corrected chi connectivity index (χ1v) is 33.6. The maximum Gasteiger partial charge on any atom is 0.305 e. The number of phenols is 1. The predicted molar refractivity (Wildman–Crippen MR) is 369 cm³/mol. The summed E-state index contributed by atoms with van der Waals surface area (Å²) in [5, 5.41) is 45.8. The van der Waals surface area contributed by atoms with Crippen molar-refractivity contribution in [3.63, 3.8) is 0 Å². The minimum Gasteiger partial charge on any atom is -0.508 e. The van der Waals surface area contributed by atoms with Crippen LogP contribution in [0.25, 0.3) is 0 Å². The molecule has 0 radical (unpaired) electrons. The summed E-state index contributed by atoms with van der Waals surface area (Å²) < 4.78 is 0. The van der Waals surface area contributed by atoms with Crippen molar-refractivity contribution in [3.8, 4) is 5.75 Å². The molecule has 1 saturated heterocycles. The Morgan fingerprint density at radius 1 is 0.576 bits per heavy atom. The molecule has 1 aliphatic rings. The molecule has 35 nitrogen and oxygen atoms in total. The molecule has 22 N–H and O–H groups in total. The number of primary amides is 2. The van der Waals surface area contributed by atoms with E-state index in [0.717, 1.165) is 0 Å². The summed E-state index contributed by atoms with van der Waals surface area (Å²) in [6.45, 7) is 0.696. The third-order valence-corrected chi connectivity index (χ3v) is 16.6. The van der Waals surface area contributed by atoms with E-state index in [-0.39, 0.29) is 80.4 Å². The van der Waals surface area contributed by atoms with Crippen LogP contribution in [-0.2, 0) is 91.2 Å². The molecule has 12 atom stereocenters. The van der Waals surface area contributed by atoms with E-state index in [4.69, 9.17) is 22.9 Å². The number of carbonyl (C=O) groups is 15. The molecule has 0 aliphatic carbocycles. The number of phenolic OH excluding ortho intramolecular Hbond substituents is 1. The summed E-state index contributed by atoms with van der Waals surface area (Å²) in [5.74, 6) is -15.9. The lowest BCUT2D eigenvalue weighted by molar-refractivity contribution is -0.142. The highest BCUT2D eigenvalue weighted by Gasteiger charge is 2.41. The molecule has 3 aromatic rings. The fourth-order valence-electron chi connectivity index (χ4n) is 9.82. The van der Waals surface area contributed by atoms with Gasteiger partial charge in [0.2, 0.25) is 82.7 Å². The molecule has 1 fully saturated rings. The molecular weight excluding hydrogens is 1370 g/mol. The molecule has 2 aromatic carbocycles. The monoisotopic (exact) mass is 1460 g/mol. The second kappa shape index (κ2) is 41.9. The summed E-state index contributed by atoms with van der Waals surface area (Å²) in [6.07, 6.45) is 1.42. The molecule has 0 saturated carbocycles. The highest BCUT2D eigenvalue weighted by molar-refractivity contribution is 7.80. The standard InChI is InChI=1S/C60H86N18O17S4/c1-30(68-59(94)45-11-7-17-78(45)60(95)40(20-33-23-65-29-67-33)73-57(92)44(28-99)77-58(93)43(27-98)76-51(86)35(62)18-32-12-14-34(79)15-13-32)50(85)75-42(26-97)52(87)66-24-47(81)69-36(10-5-6-16-61)53(88)71-38(21-46(63)80)55(90)70-37(19-31-8-3-2-4-9-31)54(89)72-39(22-48(82)83)56(91)74-41(25-96)49(64)84/h2-4,8-9,12-15,23,29-30,35-45,79,96-99H,5-7,10-11,16-22,24-28,61-62H2,1H3,(H2,63,80)(H2,64,84)(H,65,67)(H,66,87)(H,68,94)(H,69,81)(H,70,90)(H,71,88)(H,72,89)(H,73,92)(H,74,91)(H,75,85)(H,76,86)(H,77,93)(H,82,83)/t30-,35-,36-,37-,38-,39-,40-,41-,42-,43-,44-,45-/m0/s1. The smallest absolute Gasteiger partial charge is 0.305 e. The Morgan fingerprint density at radius 2 is 1.08 bits per heavy atom. The van der Waals surface area contributed by atoms with Crippen LogP contribution in [0, 0.1) is 0 Å². The number of H-pyrrole nitrogens is 1. The number of aromatic nitrogens is 2.